The zero-order valence-electron chi connectivity index (χ0n) is 19.8. The van der Waals surface area contributed by atoms with E-state index >= 15 is 0 Å². The quantitative estimate of drug-likeness (QED) is 0.167. The molecule has 1 aromatic heterocycles. The van der Waals surface area contributed by atoms with E-state index in [1.807, 2.05) is 67.6 Å². The molecule has 0 fully saturated rings. The zero-order chi connectivity index (χ0) is 25.7. The van der Waals surface area contributed by atoms with E-state index < -0.39 is 16.8 Å². The molecular weight excluding hydrogens is 476 g/mol. The highest BCUT2D eigenvalue weighted by molar-refractivity contribution is 7.17. The summed E-state index contributed by atoms with van der Waals surface area (Å²) in [6, 6.07) is 24.8. The Morgan fingerprint density at radius 1 is 0.944 bits per heavy atom. The molecule has 3 aromatic carbocycles. The summed E-state index contributed by atoms with van der Waals surface area (Å²) in [6.45, 7) is 3.71. The minimum absolute atomic E-state index is 0.0496. The van der Waals surface area contributed by atoms with Crippen molar-refractivity contribution in [3.05, 3.63) is 117 Å². The largest absolute Gasteiger partial charge is 0.462 e. The lowest BCUT2D eigenvalue weighted by Gasteiger charge is -2.18. The van der Waals surface area contributed by atoms with Crippen molar-refractivity contribution in [3.63, 3.8) is 0 Å². The first-order valence-corrected chi connectivity index (χ1v) is 12.2. The Labute approximate surface area is 212 Å². The highest BCUT2D eigenvalue weighted by Gasteiger charge is 2.29. The molecule has 0 spiro atoms. The molecule has 8 heteroatoms. The summed E-state index contributed by atoms with van der Waals surface area (Å²) in [5, 5.41) is 14.4. The van der Waals surface area contributed by atoms with Crippen LogP contribution in [0.25, 0.3) is 11.1 Å². The topological polar surface area (TPSA) is 98.5 Å². The fraction of sp³-hybridized carbons (Fsp3) is 0.143. The maximum absolute atomic E-state index is 13.7. The van der Waals surface area contributed by atoms with Gasteiger partial charge in [0.2, 0.25) is 5.91 Å². The molecule has 1 amide bonds. The van der Waals surface area contributed by atoms with E-state index in [2.05, 4.69) is 5.32 Å². The SMILES string of the molecule is CCOC(=O)c1c(NC(=O)C(c2ccccc2)c2ccccc2)sc(C)c1-c1ccc([N+](=O)[O-])cc1. The number of nitro groups is 1. The third-order valence-corrected chi connectivity index (χ3v) is 6.72. The standard InChI is InChI=1S/C28H24N2O5S/c1-3-35-28(32)25-23(21-14-16-22(17-15-21)30(33)34)18(2)36-27(25)29-26(31)24(19-10-6-4-7-11-19)20-12-8-5-9-13-20/h4-17,24H,3H2,1-2H3,(H,29,31). The van der Waals surface area contributed by atoms with Crippen molar-refractivity contribution >= 4 is 33.9 Å². The van der Waals surface area contributed by atoms with Crippen molar-refractivity contribution in [2.24, 2.45) is 0 Å². The zero-order valence-corrected chi connectivity index (χ0v) is 20.6. The first-order chi connectivity index (χ1) is 17.4. The van der Waals surface area contributed by atoms with Gasteiger partial charge in [0.25, 0.3) is 5.69 Å². The predicted molar refractivity (Wildman–Crippen MR) is 140 cm³/mol. The third-order valence-electron chi connectivity index (χ3n) is 5.70. The molecule has 7 nitrogen and oxygen atoms in total. The molecule has 0 radical (unpaired) electrons. The van der Waals surface area contributed by atoms with Gasteiger partial charge in [0.05, 0.1) is 17.4 Å². The molecule has 0 bridgehead atoms. The average Bonchev–Trinajstić information content (AvgIpc) is 3.21. The lowest BCUT2D eigenvalue weighted by molar-refractivity contribution is -0.384. The van der Waals surface area contributed by atoms with E-state index in [9.17, 15) is 19.7 Å². The molecule has 0 aliphatic heterocycles. The van der Waals surface area contributed by atoms with E-state index in [0.717, 1.165) is 16.0 Å². The number of hydrogen-bond donors (Lipinski definition) is 1. The minimum atomic E-state index is -0.590. The number of nitrogens with zero attached hydrogens (tertiary/aromatic N) is 1. The molecule has 1 heterocycles. The van der Waals surface area contributed by atoms with Crippen LogP contribution in [0.15, 0.2) is 84.9 Å². The fourth-order valence-electron chi connectivity index (χ4n) is 4.10. The molecule has 4 rings (SSSR count). The molecule has 0 saturated carbocycles. The number of nitrogens with one attached hydrogen (secondary N) is 1. The van der Waals surface area contributed by atoms with E-state index in [1.165, 1.54) is 23.5 Å². The first-order valence-electron chi connectivity index (χ1n) is 11.4. The number of anilines is 1. The Balaban J connectivity index is 1.77. The van der Waals surface area contributed by atoms with Crippen LogP contribution in [0.3, 0.4) is 0 Å². The van der Waals surface area contributed by atoms with Crippen LogP contribution in [0.5, 0.6) is 0 Å². The number of carbonyl (C=O) groups is 2. The molecule has 0 unspecified atom stereocenters. The van der Waals surface area contributed by atoms with Gasteiger partial charge in [-0.1, -0.05) is 60.7 Å². The van der Waals surface area contributed by atoms with Gasteiger partial charge in [-0.25, -0.2) is 4.79 Å². The number of esters is 1. The van der Waals surface area contributed by atoms with Crippen LogP contribution in [0.4, 0.5) is 10.7 Å². The molecule has 0 atom stereocenters. The maximum atomic E-state index is 13.7. The lowest BCUT2D eigenvalue weighted by Crippen LogP contribution is -2.23. The summed E-state index contributed by atoms with van der Waals surface area (Å²) in [4.78, 5) is 38.1. The van der Waals surface area contributed by atoms with Crippen molar-refractivity contribution in [2.45, 2.75) is 19.8 Å². The summed E-state index contributed by atoms with van der Waals surface area (Å²) in [5.41, 5.74) is 3.04. The summed E-state index contributed by atoms with van der Waals surface area (Å²) in [6.07, 6.45) is 0. The van der Waals surface area contributed by atoms with Gasteiger partial charge in [-0.3, -0.25) is 14.9 Å². The average molecular weight is 501 g/mol. The molecule has 1 N–H and O–H groups in total. The number of non-ortho nitro benzene ring substituents is 1. The van der Waals surface area contributed by atoms with E-state index in [4.69, 9.17) is 4.74 Å². The van der Waals surface area contributed by atoms with Gasteiger partial charge >= 0.3 is 5.97 Å². The normalized spacial score (nSPS) is 10.8. The summed E-state index contributed by atoms with van der Waals surface area (Å²) < 4.78 is 5.33. The van der Waals surface area contributed by atoms with Gasteiger partial charge in [-0.2, -0.15) is 0 Å². The second kappa shape index (κ2) is 11.0. The first kappa shape index (κ1) is 24.8. The smallest absolute Gasteiger partial charge is 0.341 e. The van der Waals surface area contributed by atoms with Gasteiger partial charge in [-0.05, 0) is 42.7 Å². The number of thiophene rings is 1. The van der Waals surface area contributed by atoms with Crippen molar-refractivity contribution < 1.29 is 19.2 Å². The Bertz CT molecular complexity index is 1340. The van der Waals surface area contributed by atoms with Crippen LogP contribution < -0.4 is 5.32 Å². The molecule has 0 aliphatic rings. The fourth-order valence-corrected chi connectivity index (χ4v) is 5.17. The van der Waals surface area contributed by atoms with Crippen molar-refractivity contribution in [3.8, 4) is 11.1 Å². The number of aryl methyl sites for hydroxylation is 1. The van der Waals surface area contributed by atoms with Crippen LogP contribution in [-0.2, 0) is 9.53 Å². The number of nitro benzene ring substituents is 1. The van der Waals surface area contributed by atoms with Crippen LogP contribution in [0.1, 0.15) is 39.2 Å². The van der Waals surface area contributed by atoms with Crippen LogP contribution in [-0.4, -0.2) is 23.4 Å². The third kappa shape index (κ3) is 5.18. The second-order valence-corrected chi connectivity index (χ2v) is 9.23. The van der Waals surface area contributed by atoms with Crippen molar-refractivity contribution in [2.75, 3.05) is 11.9 Å². The van der Waals surface area contributed by atoms with Gasteiger partial charge in [-0.15, -0.1) is 11.3 Å². The summed E-state index contributed by atoms with van der Waals surface area (Å²) >= 11 is 1.27. The van der Waals surface area contributed by atoms with E-state index in [-0.39, 0.29) is 23.8 Å². The molecule has 4 aromatic rings. The number of amides is 1. The van der Waals surface area contributed by atoms with Crippen LogP contribution in [0, 0.1) is 17.0 Å². The highest BCUT2D eigenvalue weighted by Crippen LogP contribution is 2.41. The van der Waals surface area contributed by atoms with Crippen LogP contribution >= 0.6 is 11.3 Å². The van der Waals surface area contributed by atoms with Crippen LogP contribution in [0.2, 0.25) is 0 Å². The molecule has 182 valence electrons. The van der Waals surface area contributed by atoms with Gasteiger partial charge < -0.3 is 10.1 Å². The summed E-state index contributed by atoms with van der Waals surface area (Å²) in [7, 11) is 0. The Kier molecular flexibility index (Phi) is 7.56. The molecule has 0 saturated heterocycles. The minimum Gasteiger partial charge on any atom is -0.462 e. The predicted octanol–water partition coefficient (Wildman–Crippen LogP) is 6.58. The van der Waals surface area contributed by atoms with E-state index in [0.29, 0.717) is 16.1 Å². The molecule has 36 heavy (non-hydrogen) atoms. The maximum Gasteiger partial charge on any atom is 0.341 e. The van der Waals surface area contributed by atoms with Gasteiger partial charge in [0.15, 0.2) is 0 Å². The number of carbonyl (C=O) groups excluding carboxylic acids is 2. The van der Waals surface area contributed by atoms with Gasteiger partial charge in [0.1, 0.15) is 10.6 Å². The monoisotopic (exact) mass is 500 g/mol. The van der Waals surface area contributed by atoms with Gasteiger partial charge in [0, 0.05) is 22.6 Å². The summed E-state index contributed by atoms with van der Waals surface area (Å²) in [5.74, 6) is -1.44. The highest BCUT2D eigenvalue weighted by atomic mass is 32.1. The Morgan fingerprint density at radius 3 is 2.00 bits per heavy atom. The Hall–Kier alpha value is -4.30. The molecule has 0 aliphatic carbocycles. The second-order valence-electron chi connectivity index (χ2n) is 8.01. The number of rotatable bonds is 8. The molecular formula is C28H24N2O5S. The Morgan fingerprint density at radius 2 is 1.50 bits per heavy atom. The van der Waals surface area contributed by atoms with Crippen molar-refractivity contribution in [1.82, 2.24) is 0 Å². The van der Waals surface area contributed by atoms with Crippen molar-refractivity contribution in [1.29, 1.82) is 0 Å². The lowest BCUT2D eigenvalue weighted by atomic mass is 9.90. The number of benzene rings is 3. The van der Waals surface area contributed by atoms with E-state index in [1.54, 1.807) is 19.1 Å². The number of hydrogen-bond acceptors (Lipinski definition) is 6. The number of ether oxygens (including phenoxy) is 1.